The van der Waals surface area contributed by atoms with E-state index in [0.29, 0.717) is 5.56 Å². The molecule has 6 nitrogen and oxygen atoms in total. The first-order chi connectivity index (χ1) is 10.7. The van der Waals surface area contributed by atoms with Gasteiger partial charge in [-0.3, -0.25) is 9.59 Å². The van der Waals surface area contributed by atoms with E-state index >= 15 is 0 Å². The maximum Gasteiger partial charge on any atom is 0.405 e. The number of carbonyl (C=O) groups excluding carboxylic acids is 3. The summed E-state index contributed by atoms with van der Waals surface area (Å²) in [6.07, 6.45) is -4.55. The molecule has 0 aromatic heterocycles. The Morgan fingerprint density at radius 3 is 2.35 bits per heavy atom. The number of esters is 1. The minimum atomic E-state index is -4.55. The largest absolute Gasteiger partial charge is 0.454 e. The van der Waals surface area contributed by atoms with Gasteiger partial charge in [0.05, 0.1) is 0 Å². The van der Waals surface area contributed by atoms with Crippen molar-refractivity contribution in [2.75, 3.05) is 13.2 Å². The van der Waals surface area contributed by atoms with Gasteiger partial charge >= 0.3 is 12.1 Å². The number of carbonyl (C=O) groups is 3. The molecule has 1 rings (SSSR count). The summed E-state index contributed by atoms with van der Waals surface area (Å²) >= 11 is 0. The zero-order valence-corrected chi connectivity index (χ0v) is 12.1. The van der Waals surface area contributed by atoms with E-state index in [4.69, 9.17) is 0 Å². The Balaban J connectivity index is 2.37. The van der Waals surface area contributed by atoms with Crippen LogP contribution in [0.25, 0.3) is 0 Å². The monoisotopic (exact) mass is 332 g/mol. The van der Waals surface area contributed by atoms with Crippen LogP contribution in [0.2, 0.25) is 0 Å². The molecular weight excluding hydrogens is 317 g/mol. The highest BCUT2D eigenvalue weighted by atomic mass is 19.4. The van der Waals surface area contributed by atoms with Crippen LogP contribution in [0.15, 0.2) is 30.3 Å². The number of benzene rings is 1. The van der Waals surface area contributed by atoms with Gasteiger partial charge in [0.15, 0.2) is 6.61 Å². The molecule has 0 aliphatic rings. The van der Waals surface area contributed by atoms with Crippen molar-refractivity contribution in [2.24, 2.45) is 0 Å². The number of ether oxygens (including phenoxy) is 1. The third-order valence-corrected chi connectivity index (χ3v) is 2.57. The number of amides is 2. The molecule has 0 heterocycles. The normalized spacial score (nSPS) is 12.2. The Morgan fingerprint density at radius 1 is 1.17 bits per heavy atom. The van der Waals surface area contributed by atoms with Crippen LogP contribution in [0.3, 0.4) is 0 Å². The van der Waals surface area contributed by atoms with Crippen LogP contribution in [-0.2, 0) is 14.3 Å². The Bertz CT molecular complexity index is 561. The fourth-order valence-electron chi connectivity index (χ4n) is 1.44. The van der Waals surface area contributed by atoms with Crippen LogP contribution in [0.5, 0.6) is 0 Å². The molecule has 0 spiro atoms. The van der Waals surface area contributed by atoms with Crippen molar-refractivity contribution in [3.05, 3.63) is 35.9 Å². The van der Waals surface area contributed by atoms with Crippen molar-refractivity contribution in [2.45, 2.75) is 19.1 Å². The number of alkyl halides is 3. The molecular formula is C14H15F3N2O4. The van der Waals surface area contributed by atoms with E-state index in [9.17, 15) is 27.6 Å². The lowest BCUT2D eigenvalue weighted by Crippen LogP contribution is -2.41. The highest BCUT2D eigenvalue weighted by Gasteiger charge is 2.28. The molecule has 2 N–H and O–H groups in total. The second-order valence-corrected chi connectivity index (χ2v) is 4.56. The summed E-state index contributed by atoms with van der Waals surface area (Å²) < 4.78 is 40.2. The Morgan fingerprint density at radius 2 is 1.78 bits per heavy atom. The van der Waals surface area contributed by atoms with E-state index in [1.807, 2.05) is 0 Å². The first-order valence-electron chi connectivity index (χ1n) is 6.55. The molecule has 23 heavy (non-hydrogen) atoms. The topological polar surface area (TPSA) is 84.5 Å². The molecule has 0 fully saturated rings. The summed E-state index contributed by atoms with van der Waals surface area (Å²) in [5.74, 6) is -2.54. The van der Waals surface area contributed by atoms with Gasteiger partial charge in [0.1, 0.15) is 12.6 Å². The second kappa shape index (κ2) is 8.16. The number of hydrogen-bond donors (Lipinski definition) is 2. The zero-order chi connectivity index (χ0) is 17.5. The predicted octanol–water partition coefficient (Wildman–Crippen LogP) is 1.03. The van der Waals surface area contributed by atoms with Crippen molar-refractivity contribution in [1.29, 1.82) is 0 Å². The predicted molar refractivity (Wildman–Crippen MR) is 73.4 cm³/mol. The average Bonchev–Trinajstić information content (AvgIpc) is 2.50. The molecule has 0 unspecified atom stereocenters. The van der Waals surface area contributed by atoms with Gasteiger partial charge in [-0.25, -0.2) is 4.79 Å². The summed E-state index contributed by atoms with van der Waals surface area (Å²) in [6, 6.07) is 7.02. The number of nitrogens with one attached hydrogen (secondary N) is 2. The SMILES string of the molecule is C[C@H](NC(=O)c1ccccc1)C(=O)OCC(=O)NCC(F)(F)F. The molecule has 1 aromatic rings. The standard InChI is InChI=1S/C14H15F3N2O4/c1-9(19-12(21)10-5-3-2-4-6-10)13(22)23-7-11(20)18-8-14(15,16)17/h2-6,9H,7-8H2,1H3,(H,18,20)(H,19,21)/t9-/m0/s1. The molecule has 0 saturated heterocycles. The van der Waals surface area contributed by atoms with Gasteiger partial charge in [-0.2, -0.15) is 13.2 Å². The molecule has 0 aliphatic carbocycles. The number of hydrogen-bond acceptors (Lipinski definition) is 4. The first kappa shape index (κ1) is 18.5. The first-order valence-corrected chi connectivity index (χ1v) is 6.55. The molecule has 2 amide bonds. The van der Waals surface area contributed by atoms with Crippen molar-refractivity contribution >= 4 is 17.8 Å². The van der Waals surface area contributed by atoms with Gasteiger partial charge in [0.25, 0.3) is 11.8 Å². The molecule has 0 aliphatic heterocycles. The van der Waals surface area contributed by atoms with Crippen molar-refractivity contribution in [3.8, 4) is 0 Å². The Hall–Kier alpha value is -2.58. The highest BCUT2D eigenvalue weighted by Crippen LogP contribution is 2.11. The van der Waals surface area contributed by atoms with E-state index in [1.54, 1.807) is 23.5 Å². The highest BCUT2D eigenvalue weighted by molar-refractivity contribution is 5.96. The van der Waals surface area contributed by atoms with Crippen LogP contribution in [0.1, 0.15) is 17.3 Å². The summed E-state index contributed by atoms with van der Waals surface area (Å²) in [6.45, 7) is -1.04. The zero-order valence-electron chi connectivity index (χ0n) is 12.1. The summed E-state index contributed by atoms with van der Waals surface area (Å²) in [5, 5.41) is 3.91. The van der Waals surface area contributed by atoms with E-state index in [-0.39, 0.29) is 0 Å². The van der Waals surface area contributed by atoms with Crippen LogP contribution >= 0.6 is 0 Å². The third-order valence-electron chi connectivity index (χ3n) is 2.57. The lowest BCUT2D eigenvalue weighted by atomic mass is 10.2. The minimum absolute atomic E-state index is 0.329. The smallest absolute Gasteiger partial charge is 0.405 e. The molecule has 1 atom stereocenters. The third kappa shape index (κ3) is 7.30. The van der Waals surface area contributed by atoms with E-state index in [1.165, 1.54) is 19.1 Å². The van der Waals surface area contributed by atoms with Crippen LogP contribution in [0, 0.1) is 0 Å². The van der Waals surface area contributed by atoms with Crippen molar-refractivity contribution in [1.82, 2.24) is 10.6 Å². The second-order valence-electron chi connectivity index (χ2n) is 4.56. The van der Waals surface area contributed by atoms with Crippen LogP contribution in [0.4, 0.5) is 13.2 Å². The molecule has 0 bridgehead atoms. The molecule has 9 heteroatoms. The fourth-order valence-corrected chi connectivity index (χ4v) is 1.44. The average molecular weight is 332 g/mol. The quantitative estimate of drug-likeness (QED) is 0.762. The van der Waals surface area contributed by atoms with Crippen molar-refractivity contribution in [3.63, 3.8) is 0 Å². The number of rotatable bonds is 6. The van der Waals surface area contributed by atoms with Crippen molar-refractivity contribution < 1.29 is 32.3 Å². The van der Waals surface area contributed by atoms with E-state index in [2.05, 4.69) is 10.1 Å². The Kier molecular flexibility index (Phi) is 6.55. The van der Waals surface area contributed by atoms with Gasteiger partial charge in [-0.05, 0) is 19.1 Å². The van der Waals surface area contributed by atoms with Gasteiger partial charge in [0, 0.05) is 5.56 Å². The van der Waals surface area contributed by atoms with Gasteiger partial charge in [-0.1, -0.05) is 18.2 Å². The molecule has 1 aromatic carbocycles. The fraction of sp³-hybridized carbons (Fsp3) is 0.357. The lowest BCUT2D eigenvalue weighted by molar-refractivity contribution is -0.152. The van der Waals surface area contributed by atoms with Crippen LogP contribution in [-0.4, -0.2) is 43.2 Å². The molecule has 0 radical (unpaired) electrons. The van der Waals surface area contributed by atoms with Crippen LogP contribution < -0.4 is 10.6 Å². The molecule has 126 valence electrons. The van der Waals surface area contributed by atoms with Gasteiger partial charge < -0.3 is 15.4 Å². The maximum atomic E-state index is 11.9. The van der Waals surface area contributed by atoms with Gasteiger partial charge in [-0.15, -0.1) is 0 Å². The maximum absolute atomic E-state index is 11.9. The number of halogens is 3. The lowest BCUT2D eigenvalue weighted by Gasteiger charge is -2.13. The summed E-state index contributed by atoms with van der Waals surface area (Å²) in [4.78, 5) is 34.4. The minimum Gasteiger partial charge on any atom is -0.454 e. The summed E-state index contributed by atoms with van der Waals surface area (Å²) in [5.41, 5.74) is 0.329. The van der Waals surface area contributed by atoms with E-state index in [0.717, 1.165) is 0 Å². The van der Waals surface area contributed by atoms with Gasteiger partial charge in [0.2, 0.25) is 0 Å². The summed E-state index contributed by atoms with van der Waals surface area (Å²) in [7, 11) is 0. The molecule has 0 saturated carbocycles. The Labute approximate surface area is 130 Å². The van der Waals surface area contributed by atoms with E-state index < -0.39 is 43.2 Å².